The maximum atomic E-state index is 12.5. The molecular formula is C26H24Cl2N2O4S. The molecule has 3 rings (SSSR count). The van der Waals surface area contributed by atoms with Gasteiger partial charge in [0, 0.05) is 11.3 Å². The van der Waals surface area contributed by atoms with Crippen molar-refractivity contribution in [2.45, 2.75) is 38.2 Å². The first-order valence-corrected chi connectivity index (χ1v) is 13.3. The van der Waals surface area contributed by atoms with E-state index in [4.69, 9.17) is 27.9 Å². The standard InChI is InChI=1S/C26H24Cl2N2O4S/c1-4-35(32,33)21-8-5-17(6-9-21)11-25(31)30-20-13-22(27)26(23(28)14-20)18-7-10-24(34-16(2)3)19(12-18)15-29/h5-10,12-14,16H,4,11H2,1-3H3,(H,30,31). The molecule has 0 aliphatic heterocycles. The SMILES string of the molecule is CCS(=O)(=O)c1ccc(CC(=O)Nc2cc(Cl)c(-c3ccc(OC(C)C)c(C#N)c3)c(Cl)c2)cc1. The first-order chi connectivity index (χ1) is 16.5. The number of nitriles is 1. The van der Waals surface area contributed by atoms with Gasteiger partial charge in [-0.2, -0.15) is 5.26 Å². The Labute approximate surface area is 215 Å². The van der Waals surface area contributed by atoms with Gasteiger partial charge in [0.25, 0.3) is 0 Å². The average Bonchev–Trinajstić information content (AvgIpc) is 2.79. The monoisotopic (exact) mass is 530 g/mol. The summed E-state index contributed by atoms with van der Waals surface area (Å²) in [5.74, 6) is 0.179. The van der Waals surface area contributed by atoms with E-state index in [9.17, 15) is 18.5 Å². The number of nitrogens with one attached hydrogen (secondary N) is 1. The molecule has 1 N–H and O–H groups in total. The summed E-state index contributed by atoms with van der Waals surface area (Å²) in [6.45, 7) is 5.33. The predicted octanol–water partition coefficient (Wildman–Crippen LogP) is 6.29. The summed E-state index contributed by atoms with van der Waals surface area (Å²) in [6.07, 6.45) is -0.0305. The Kier molecular flexibility index (Phi) is 8.44. The van der Waals surface area contributed by atoms with Crippen LogP contribution in [0.1, 0.15) is 31.9 Å². The van der Waals surface area contributed by atoms with E-state index in [1.165, 1.54) is 12.1 Å². The van der Waals surface area contributed by atoms with Gasteiger partial charge < -0.3 is 10.1 Å². The van der Waals surface area contributed by atoms with Crippen molar-refractivity contribution in [1.82, 2.24) is 0 Å². The van der Waals surface area contributed by atoms with Crippen LogP contribution in [0.4, 0.5) is 5.69 Å². The van der Waals surface area contributed by atoms with Crippen LogP contribution in [-0.2, 0) is 21.1 Å². The van der Waals surface area contributed by atoms with E-state index in [0.29, 0.717) is 43.7 Å². The van der Waals surface area contributed by atoms with Crippen molar-refractivity contribution in [2.75, 3.05) is 11.1 Å². The Morgan fingerprint density at radius 3 is 2.23 bits per heavy atom. The molecule has 9 heteroatoms. The summed E-state index contributed by atoms with van der Waals surface area (Å²) >= 11 is 13.0. The van der Waals surface area contributed by atoms with Gasteiger partial charge in [-0.05, 0) is 61.4 Å². The van der Waals surface area contributed by atoms with Crippen molar-refractivity contribution in [3.8, 4) is 22.9 Å². The summed E-state index contributed by atoms with van der Waals surface area (Å²) in [6, 6.07) is 16.7. The number of carbonyl (C=O) groups excluding carboxylic acids is 1. The van der Waals surface area contributed by atoms with E-state index in [1.54, 1.807) is 49.4 Å². The molecular weight excluding hydrogens is 507 g/mol. The summed E-state index contributed by atoms with van der Waals surface area (Å²) in [7, 11) is -3.30. The third-order valence-corrected chi connectivity index (χ3v) is 7.45. The van der Waals surface area contributed by atoms with Crippen LogP contribution in [0, 0.1) is 11.3 Å². The maximum absolute atomic E-state index is 12.5. The van der Waals surface area contributed by atoms with E-state index in [2.05, 4.69) is 11.4 Å². The van der Waals surface area contributed by atoms with Crippen molar-refractivity contribution in [1.29, 1.82) is 5.26 Å². The molecule has 3 aromatic rings. The summed E-state index contributed by atoms with van der Waals surface area (Å²) in [4.78, 5) is 12.8. The number of hydrogen-bond acceptors (Lipinski definition) is 5. The molecule has 0 heterocycles. The molecule has 3 aromatic carbocycles. The molecule has 0 atom stereocenters. The molecule has 0 unspecified atom stereocenters. The number of hydrogen-bond donors (Lipinski definition) is 1. The Hall–Kier alpha value is -3.05. The van der Waals surface area contributed by atoms with Gasteiger partial charge in [0.05, 0.1) is 38.8 Å². The number of carbonyl (C=O) groups is 1. The summed E-state index contributed by atoms with van der Waals surface area (Å²) in [5.41, 5.74) is 2.62. The molecule has 0 saturated heterocycles. The van der Waals surface area contributed by atoms with Gasteiger partial charge in [-0.3, -0.25) is 4.79 Å². The highest BCUT2D eigenvalue weighted by Gasteiger charge is 2.16. The van der Waals surface area contributed by atoms with Gasteiger partial charge in [-0.25, -0.2) is 8.42 Å². The summed E-state index contributed by atoms with van der Waals surface area (Å²) < 4.78 is 29.5. The van der Waals surface area contributed by atoms with Crippen molar-refractivity contribution in [3.05, 3.63) is 75.8 Å². The van der Waals surface area contributed by atoms with E-state index in [1.807, 2.05) is 13.8 Å². The second-order valence-corrected chi connectivity index (χ2v) is 11.2. The Balaban J connectivity index is 1.78. The number of nitrogens with zero attached hydrogens (tertiary/aromatic N) is 1. The highest BCUT2D eigenvalue weighted by atomic mass is 35.5. The number of sulfone groups is 1. The molecule has 0 radical (unpaired) electrons. The van der Waals surface area contributed by atoms with E-state index in [-0.39, 0.29) is 29.1 Å². The fraction of sp³-hybridized carbons (Fsp3) is 0.231. The molecule has 182 valence electrons. The number of anilines is 1. The number of amides is 1. The second-order valence-electron chi connectivity index (χ2n) is 8.08. The Morgan fingerprint density at radius 2 is 1.69 bits per heavy atom. The number of halogens is 2. The lowest BCUT2D eigenvalue weighted by molar-refractivity contribution is -0.115. The molecule has 0 aliphatic carbocycles. The highest BCUT2D eigenvalue weighted by molar-refractivity contribution is 7.91. The number of ether oxygens (including phenoxy) is 1. The first-order valence-electron chi connectivity index (χ1n) is 10.9. The largest absolute Gasteiger partial charge is 0.490 e. The average molecular weight is 531 g/mol. The number of benzene rings is 3. The molecule has 0 fully saturated rings. The number of rotatable bonds is 8. The minimum absolute atomic E-state index is 0.0119. The topological polar surface area (TPSA) is 96.3 Å². The highest BCUT2D eigenvalue weighted by Crippen LogP contribution is 2.39. The Morgan fingerprint density at radius 1 is 1.06 bits per heavy atom. The summed E-state index contributed by atoms with van der Waals surface area (Å²) in [5, 5.41) is 12.9. The van der Waals surface area contributed by atoms with Crippen molar-refractivity contribution < 1.29 is 17.9 Å². The predicted molar refractivity (Wildman–Crippen MR) is 139 cm³/mol. The quantitative estimate of drug-likeness (QED) is 0.368. The minimum atomic E-state index is -3.30. The maximum Gasteiger partial charge on any atom is 0.228 e. The smallest absolute Gasteiger partial charge is 0.228 e. The van der Waals surface area contributed by atoms with Gasteiger partial charge in [-0.15, -0.1) is 0 Å². The van der Waals surface area contributed by atoms with Crippen LogP contribution < -0.4 is 10.1 Å². The lowest BCUT2D eigenvalue weighted by atomic mass is 10.0. The van der Waals surface area contributed by atoms with Crippen LogP contribution in [0.15, 0.2) is 59.5 Å². The fourth-order valence-electron chi connectivity index (χ4n) is 3.42. The third-order valence-electron chi connectivity index (χ3n) is 5.10. The van der Waals surface area contributed by atoms with Crippen molar-refractivity contribution in [3.63, 3.8) is 0 Å². The zero-order chi connectivity index (χ0) is 25.8. The van der Waals surface area contributed by atoms with E-state index < -0.39 is 9.84 Å². The van der Waals surface area contributed by atoms with Gasteiger partial charge in [-0.1, -0.05) is 48.3 Å². The van der Waals surface area contributed by atoms with Crippen LogP contribution in [0.2, 0.25) is 10.0 Å². The third kappa shape index (κ3) is 6.55. The van der Waals surface area contributed by atoms with Crippen LogP contribution >= 0.6 is 23.2 Å². The van der Waals surface area contributed by atoms with Gasteiger partial charge in [0.1, 0.15) is 11.8 Å². The molecule has 0 aromatic heterocycles. The molecule has 0 bridgehead atoms. The zero-order valence-corrected chi connectivity index (χ0v) is 21.8. The van der Waals surface area contributed by atoms with Crippen LogP contribution in [0.25, 0.3) is 11.1 Å². The van der Waals surface area contributed by atoms with E-state index in [0.717, 1.165) is 0 Å². The van der Waals surface area contributed by atoms with Gasteiger partial charge in [0.2, 0.25) is 5.91 Å². The minimum Gasteiger partial charge on any atom is -0.490 e. The molecule has 1 amide bonds. The first kappa shape index (κ1) is 26.6. The lowest BCUT2D eigenvalue weighted by Crippen LogP contribution is -2.14. The molecule has 0 aliphatic rings. The van der Waals surface area contributed by atoms with Crippen LogP contribution in [0.3, 0.4) is 0 Å². The molecule has 6 nitrogen and oxygen atoms in total. The van der Waals surface area contributed by atoms with E-state index >= 15 is 0 Å². The van der Waals surface area contributed by atoms with Crippen LogP contribution in [-0.4, -0.2) is 26.2 Å². The molecule has 0 spiro atoms. The second kappa shape index (κ2) is 11.1. The van der Waals surface area contributed by atoms with Crippen molar-refractivity contribution in [2.24, 2.45) is 0 Å². The van der Waals surface area contributed by atoms with Gasteiger partial charge in [0.15, 0.2) is 9.84 Å². The normalized spacial score (nSPS) is 11.2. The van der Waals surface area contributed by atoms with Crippen LogP contribution in [0.5, 0.6) is 5.75 Å². The Bertz CT molecular complexity index is 1370. The molecule has 35 heavy (non-hydrogen) atoms. The molecule has 0 saturated carbocycles. The lowest BCUT2D eigenvalue weighted by Gasteiger charge is -2.14. The van der Waals surface area contributed by atoms with Crippen molar-refractivity contribution >= 4 is 44.6 Å². The zero-order valence-electron chi connectivity index (χ0n) is 19.4. The fourth-order valence-corrected chi connectivity index (χ4v) is 5.01. The van der Waals surface area contributed by atoms with Gasteiger partial charge >= 0.3 is 0 Å².